The van der Waals surface area contributed by atoms with Crippen molar-refractivity contribution in [1.29, 1.82) is 0 Å². The van der Waals surface area contributed by atoms with E-state index in [1.807, 2.05) is 4.90 Å². The first-order valence-corrected chi connectivity index (χ1v) is 8.13. The average Bonchev–Trinajstić information content (AvgIpc) is 2.84. The average molecular weight is 330 g/mol. The molecule has 0 atom stereocenters. The van der Waals surface area contributed by atoms with Crippen molar-refractivity contribution >= 4 is 17.8 Å². The third kappa shape index (κ3) is 2.99. The molecule has 2 aliphatic heterocycles. The van der Waals surface area contributed by atoms with E-state index in [9.17, 15) is 14.4 Å². The Labute approximate surface area is 141 Å². The number of amides is 4. The van der Waals surface area contributed by atoms with Crippen molar-refractivity contribution in [2.24, 2.45) is 0 Å². The highest BCUT2D eigenvalue weighted by molar-refractivity contribution is 6.21. The second-order valence-corrected chi connectivity index (χ2v) is 6.31. The standard InChI is InChI=1S/C17H22N4O3/c1-18(2)17(24)20-10-7-19(8-11-20)9-12-21-15(22)13-5-3-4-6-14(13)16(21)23/h3-6H,7-12H2,1-2H3. The molecule has 128 valence electrons. The van der Waals surface area contributed by atoms with E-state index in [1.165, 1.54) is 4.90 Å². The van der Waals surface area contributed by atoms with Crippen LogP contribution < -0.4 is 0 Å². The van der Waals surface area contributed by atoms with E-state index >= 15 is 0 Å². The highest BCUT2D eigenvalue weighted by Crippen LogP contribution is 2.22. The van der Waals surface area contributed by atoms with Crippen molar-refractivity contribution in [3.63, 3.8) is 0 Å². The van der Waals surface area contributed by atoms with Crippen LogP contribution in [0.3, 0.4) is 0 Å². The summed E-state index contributed by atoms with van der Waals surface area (Å²) in [6.07, 6.45) is 0. The Morgan fingerprint density at radius 2 is 1.50 bits per heavy atom. The first-order valence-electron chi connectivity index (χ1n) is 8.13. The Kier molecular flexibility index (Phi) is 4.53. The zero-order chi connectivity index (χ0) is 17.3. The minimum atomic E-state index is -0.211. The van der Waals surface area contributed by atoms with Gasteiger partial charge in [0.1, 0.15) is 0 Å². The molecule has 0 N–H and O–H groups in total. The first kappa shape index (κ1) is 16.4. The predicted molar refractivity (Wildman–Crippen MR) is 88.9 cm³/mol. The van der Waals surface area contributed by atoms with Crippen molar-refractivity contribution in [1.82, 2.24) is 19.6 Å². The molecule has 7 heteroatoms. The number of carbonyl (C=O) groups is 3. The molecule has 0 radical (unpaired) electrons. The molecule has 0 aromatic heterocycles. The summed E-state index contributed by atoms with van der Waals surface area (Å²) in [5, 5.41) is 0. The maximum absolute atomic E-state index is 12.3. The molecular weight excluding hydrogens is 308 g/mol. The molecule has 1 saturated heterocycles. The van der Waals surface area contributed by atoms with Crippen molar-refractivity contribution in [3.8, 4) is 0 Å². The number of fused-ring (bicyclic) bond motifs is 1. The smallest absolute Gasteiger partial charge is 0.319 e. The van der Waals surface area contributed by atoms with Crippen LogP contribution in [0.1, 0.15) is 20.7 Å². The monoisotopic (exact) mass is 330 g/mol. The lowest BCUT2D eigenvalue weighted by molar-refractivity contribution is 0.0620. The van der Waals surface area contributed by atoms with Gasteiger partial charge in [-0.15, -0.1) is 0 Å². The Balaban J connectivity index is 1.52. The van der Waals surface area contributed by atoms with Gasteiger partial charge in [0, 0.05) is 53.4 Å². The van der Waals surface area contributed by atoms with Gasteiger partial charge in [-0.1, -0.05) is 12.1 Å². The fraction of sp³-hybridized carbons (Fsp3) is 0.471. The van der Waals surface area contributed by atoms with Crippen molar-refractivity contribution < 1.29 is 14.4 Å². The van der Waals surface area contributed by atoms with E-state index in [0.717, 1.165) is 13.1 Å². The molecule has 0 saturated carbocycles. The summed E-state index contributed by atoms with van der Waals surface area (Å²) in [6, 6.07) is 6.96. The summed E-state index contributed by atoms with van der Waals surface area (Å²) in [7, 11) is 3.49. The maximum atomic E-state index is 12.3. The number of imide groups is 1. The van der Waals surface area contributed by atoms with E-state index < -0.39 is 0 Å². The Bertz CT molecular complexity index is 631. The Morgan fingerprint density at radius 3 is 2.00 bits per heavy atom. The maximum Gasteiger partial charge on any atom is 0.319 e. The second kappa shape index (κ2) is 6.60. The molecule has 2 heterocycles. The number of benzene rings is 1. The topological polar surface area (TPSA) is 64.2 Å². The van der Waals surface area contributed by atoms with Gasteiger partial charge in [-0.3, -0.25) is 19.4 Å². The Hall–Kier alpha value is -2.41. The number of carbonyl (C=O) groups excluding carboxylic acids is 3. The van der Waals surface area contributed by atoms with E-state index in [-0.39, 0.29) is 17.8 Å². The molecule has 3 rings (SSSR count). The molecule has 24 heavy (non-hydrogen) atoms. The van der Waals surface area contributed by atoms with Crippen LogP contribution >= 0.6 is 0 Å². The number of piperazine rings is 1. The predicted octanol–water partition coefficient (Wildman–Crippen LogP) is 0.582. The summed E-state index contributed by atoms with van der Waals surface area (Å²) < 4.78 is 0. The lowest BCUT2D eigenvalue weighted by Gasteiger charge is -2.36. The number of nitrogens with zero attached hydrogens (tertiary/aromatic N) is 4. The molecule has 0 spiro atoms. The summed E-state index contributed by atoms with van der Waals surface area (Å²) in [5.74, 6) is -0.422. The minimum Gasteiger partial charge on any atom is -0.331 e. The molecule has 2 aliphatic rings. The normalized spacial score (nSPS) is 18.1. The van der Waals surface area contributed by atoms with Crippen molar-refractivity contribution in [2.75, 3.05) is 53.4 Å². The molecule has 1 aromatic carbocycles. The van der Waals surface area contributed by atoms with Crippen LogP contribution in [-0.4, -0.2) is 90.8 Å². The highest BCUT2D eigenvalue weighted by Gasteiger charge is 2.35. The van der Waals surface area contributed by atoms with Gasteiger partial charge in [-0.05, 0) is 12.1 Å². The SMILES string of the molecule is CN(C)C(=O)N1CCN(CCN2C(=O)c3ccccc3C2=O)CC1. The summed E-state index contributed by atoms with van der Waals surface area (Å²) in [6.45, 7) is 3.85. The summed E-state index contributed by atoms with van der Waals surface area (Å²) >= 11 is 0. The molecule has 0 unspecified atom stereocenters. The van der Waals surface area contributed by atoms with E-state index in [0.29, 0.717) is 37.3 Å². The van der Waals surface area contributed by atoms with Crippen molar-refractivity contribution in [2.45, 2.75) is 0 Å². The number of urea groups is 1. The summed E-state index contributed by atoms with van der Waals surface area (Å²) in [4.78, 5) is 43.5. The van der Waals surface area contributed by atoms with Crippen molar-refractivity contribution in [3.05, 3.63) is 35.4 Å². The molecular formula is C17H22N4O3. The fourth-order valence-electron chi connectivity index (χ4n) is 3.13. The van der Waals surface area contributed by atoms with Gasteiger partial charge in [-0.25, -0.2) is 4.79 Å². The zero-order valence-electron chi connectivity index (χ0n) is 14.1. The van der Waals surface area contributed by atoms with Gasteiger partial charge in [0.2, 0.25) is 0 Å². The van der Waals surface area contributed by atoms with E-state index in [1.54, 1.807) is 43.3 Å². The molecule has 4 amide bonds. The van der Waals surface area contributed by atoms with Gasteiger partial charge in [0.15, 0.2) is 0 Å². The second-order valence-electron chi connectivity index (χ2n) is 6.31. The van der Waals surface area contributed by atoms with Crippen LogP contribution in [0.2, 0.25) is 0 Å². The van der Waals surface area contributed by atoms with Crippen LogP contribution in [0.15, 0.2) is 24.3 Å². The first-order chi connectivity index (χ1) is 11.5. The van der Waals surface area contributed by atoms with Gasteiger partial charge < -0.3 is 9.80 Å². The van der Waals surface area contributed by atoms with Crippen LogP contribution in [0.5, 0.6) is 0 Å². The lowest BCUT2D eigenvalue weighted by Crippen LogP contribution is -2.52. The third-order valence-corrected chi connectivity index (χ3v) is 4.54. The molecule has 0 aliphatic carbocycles. The quantitative estimate of drug-likeness (QED) is 0.761. The molecule has 1 fully saturated rings. The van der Waals surface area contributed by atoms with Crippen LogP contribution in [-0.2, 0) is 0 Å². The van der Waals surface area contributed by atoms with Gasteiger partial charge in [0.05, 0.1) is 11.1 Å². The number of hydrogen-bond donors (Lipinski definition) is 0. The summed E-state index contributed by atoms with van der Waals surface area (Å²) in [5.41, 5.74) is 0.979. The van der Waals surface area contributed by atoms with Gasteiger partial charge >= 0.3 is 6.03 Å². The highest BCUT2D eigenvalue weighted by atomic mass is 16.2. The van der Waals surface area contributed by atoms with Gasteiger partial charge in [-0.2, -0.15) is 0 Å². The minimum absolute atomic E-state index is 0.0231. The Morgan fingerprint density at radius 1 is 0.958 bits per heavy atom. The molecule has 0 bridgehead atoms. The third-order valence-electron chi connectivity index (χ3n) is 4.54. The lowest BCUT2D eigenvalue weighted by atomic mass is 10.1. The number of hydrogen-bond acceptors (Lipinski definition) is 4. The zero-order valence-corrected chi connectivity index (χ0v) is 14.1. The van der Waals surface area contributed by atoms with Gasteiger partial charge in [0.25, 0.3) is 11.8 Å². The van der Waals surface area contributed by atoms with E-state index in [4.69, 9.17) is 0 Å². The van der Waals surface area contributed by atoms with Crippen LogP contribution in [0.4, 0.5) is 4.79 Å². The molecule has 7 nitrogen and oxygen atoms in total. The van der Waals surface area contributed by atoms with Crippen LogP contribution in [0.25, 0.3) is 0 Å². The largest absolute Gasteiger partial charge is 0.331 e. The van der Waals surface area contributed by atoms with Crippen LogP contribution in [0, 0.1) is 0 Å². The molecule has 1 aromatic rings. The number of rotatable bonds is 3. The fourth-order valence-corrected chi connectivity index (χ4v) is 3.13. The van der Waals surface area contributed by atoms with E-state index in [2.05, 4.69) is 4.90 Å².